The van der Waals surface area contributed by atoms with Gasteiger partial charge in [-0.15, -0.1) is 0 Å². The van der Waals surface area contributed by atoms with Crippen molar-refractivity contribution >= 4 is 11.9 Å². The Balaban J connectivity index is 1.51. The summed E-state index contributed by atoms with van der Waals surface area (Å²) in [5.74, 6) is -0.188. The van der Waals surface area contributed by atoms with Crippen molar-refractivity contribution in [3.05, 3.63) is 77.4 Å². The second-order valence-corrected chi connectivity index (χ2v) is 7.87. The number of rotatable bonds is 9. The van der Waals surface area contributed by atoms with Crippen LogP contribution in [0.15, 0.2) is 60.7 Å². The molecule has 1 N–H and O–H groups in total. The molecule has 0 bridgehead atoms. The van der Waals surface area contributed by atoms with E-state index in [4.69, 9.17) is 9.47 Å². The Morgan fingerprint density at radius 1 is 0.871 bits per heavy atom. The standard InChI is InChI=1S/C26H30O5/c1-2-3-4-5-18-30-25(28)21-12-16-24(17-13-21)31-26(29)22-8-6-19(7-9-22)20-10-14-23(27)15-11-20/h6-10,12-14,16-17,20,23,27H,2-5,11,15,18H2,1H3. The first-order valence-corrected chi connectivity index (χ1v) is 11.0. The second kappa shape index (κ2) is 11.5. The van der Waals surface area contributed by atoms with Gasteiger partial charge in [0.2, 0.25) is 0 Å². The van der Waals surface area contributed by atoms with Crippen molar-refractivity contribution in [3.63, 3.8) is 0 Å². The molecule has 3 rings (SSSR count). The smallest absolute Gasteiger partial charge is 0.343 e. The van der Waals surface area contributed by atoms with E-state index in [-0.39, 0.29) is 18.0 Å². The molecule has 5 nitrogen and oxygen atoms in total. The SMILES string of the molecule is CCCCCCOC(=O)c1ccc(OC(=O)c2ccc(C3C=CC(O)CC3)cc2)cc1. The van der Waals surface area contributed by atoms with E-state index < -0.39 is 5.97 Å². The van der Waals surface area contributed by atoms with Gasteiger partial charge in [0.25, 0.3) is 0 Å². The van der Waals surface area contributed by atoms with E-state index in [1.54, 1.807) is 36.4 Å². The highest BCUT2D eigenvalue weighted by Gasteiger charge is 2.16. The molecule has 31 heavy (non-hydrogen) atoms. The number of hydrogen-bond acceptors (Lipinski definition) is 5. The largest absolute Gasteiger partial charge is 0.462 e. The molecule has 0 radical (unpaired) electrons. The van der Waals surface area contributed by atoms with Crippen molar-refractivity contribution in [1.82, 2.24) is 0 Å². The Kier molecular flexibility index (Phi) is 8.42. The Morgan fingerprint density at radius 3 is 2.19 bits per heavy atom. The van der Waals surface area contributed by atoms with Gasteiger partial charge >= 0.3 is 11.9 Å². The molecule has 0 aromatic heterocycles. The van der Waals surface area contributed by atoms with Crippen LogP contribution in [0.4, 0.5) is 0 Å². The van der Waals surface area contributed by atoms with Gasteiger partial charge in [0.1, 0.15) is 5.75 Å². The summed E-state index contributed by atoms with van der Waals surface area (Å²) >= 11 is 0. The fraction of sp³-hybridized carbons (Fsp3) is 0.385. The molecule has 2 aromatic rings. The number of allylic oxidation sites excluding steroid dienone is 1. The molecule has 0 heterocycles. The zero-order valence-electron chi connectivity index (χ0n) is 18.0. The van der Waals surface area contributed by atoms with Gasteiger partial charge in [-0.05, 0) is 61.2 Å². The molecular formula is C26H30O5. The third-order valence-electron chi connectivity index (χ3n) is 5.45. The molecule has 0 saturated carbocycles. The lowest BCUT2D eigenvalue weighted by atomic mass is 9.88. The third kappa shape index (κ3) is 6.79. The van der Waals surface area contributed by atoms with Crippen LogP contribution in [0.2, 0.25) is 0 Å². The Labute approximate surface area is 183 Å². The zero-order chi connectivity index (χ0) is 22.1. The first-order chi connectivity index (χ1) is 15.1. The normalized spacial score (nSPS) is 17.9. The highest BCUT2D eigenvalue weighted by Crippen LogP contribution is 2.28. The molecule has 0 spiro atoms. The van der Waals surface area contributed by atoms with Gasteiger partial charge in [-0.2, -0.15) is 0 Å². The maximum Gasteiger partial charge on any atom is 0.343 e. The van der Waals surface area contributed by atoms with Gasteiger partial charge in [0, 0.05) is 5.92 Å². The minimum Gasteiger partial charge on any atom is -0.462 e. The predicted molar refractivity (Wildman–Crippen MR) is 119 cm³/mol. The van der Waals surface area contributed by atoms with Gasteiger partial charge in [0.15, 0.2) is 0 Å². The van der Waals surface area contributed by atoms with Gasteiger partial charge in [-0.3, -0.25) is 0 Å². The molecule has 5 heteroatoms. The van der Waals surface area contributed by atoms with Gasteiger partial charge in [-0.1, -0.05) is 50.5 Å². The van der Waals surface area contributed by atoms with Crippen LogP contribution in [0.5, 0.6) is 5.75 Å². The number of esters is 2. The lowest BCUT2D eigenvalue weighted by Gasteiger charge is -2.20. The van der Waals surface area contributed by atoms with Gasteiger partial charge in [0.05, 0.1) is 23.8 Å². The first kappa shape index (κ1) is 22.8. The molecule has 0 saturated heterocycles. The van der Waals surface area contributed by atoms with Crippen LogP contribution in [0.3, 0.4) is 0 Å². The second-order valence-electron chi connectivity index (χ2n) is 7.87. The van der Waals surface area contributed by atoms with Crippen LogP contribution in [-0.2, 0) is 4.74 Å². The van der Waals surface area contributed by atoms with Crippen molar-refractivity contribution in [3.8, 4) is 5.75 Å². The summed E-state index contributed by atoms with van der Waals surface area (Å²) in [7, 11) is 0. The predicted octanol–water partition coefficient (Wildman–Crippen LogP) is 5.44. The van der Waals surface area contributed by atoms with Crippen molar-refractivity contribution in [2.24, 2.45) is 0 Å². The van der Waals surface area contributed by atoms with Crippen LogP contribution in [0.25, 0.3) is 0 Å². The summed E-state index contributed by atoms with van der Waals surface area (Å²) in [4.78, 5) is 24.5. The lowest BCUT2D eigenvalue weighted by molar-refractivity contribution is 0.0497. The number of carbonyl (C=O) groups excluding carboxylic acids is 2. The average Bonchev–Trinajstić information content (AvgIpc) is 2.80. The van der Waals surface area contributed by atoms with E-state index in [1.807, 2.05) is 24.3 Å². The Hall–Kier alpha value is -2.92. The van der Waals surface area contributed by atoms with Crippen molar-refractivity contribution < 1.29 is 24.2 Å². The fourth-order valence-corrected chi connectivity index (χ4v) is 3.55. The van der Waals surface area contributed by atoms with Crippen LogP contribution in [0.1, 0.15) is 77.6 Å². The van der Waals surface area contributed by atoms with E-state index in [2.05, 4.69) is 6.92 Å². The molecular weight excluding hydrogens is 392 g/mol. The summed E-state index contributed by atoms with van der Waals surface area (Å²) in [5.41, 5.74) is 2.00. The molecule has 164 valence electrons. The average molecular weight is 423 g/mol. The van der Waals surface area contributed by atoms with Crippen molar-refractivity contribution in [2.45, 2.75) is 57.5 Å². The highest BCUT2D eigenvalue weighted by atomic mass is 16.5. The topological polar surface area (TPSA) is 72.8 Å². The maximum absolute atomic E-state index is 12.4. The number of hydrogen-bond donors (Lipinski definition) is 1. The van der Waals surface area contributed by atoms with Crippen LogP contribution in [-0.4, -0.2) is 29.8 Å². The summed E-state index contributed by atoms with van der Waals surface area (Å²) in [6.07, 6.45) is 9.31. The monoisotopic (exact) mass is 422 g/mol. The van der Waals surface area contributed by atoms with E-state index in [1.165, 1.54) is 0 Å². The summed E-state index contributed by atoms with van der Waals surface area (Å²) in [5, 5.41) is 9.57. The lowest BCUT2D eigenvalue weighted by Crippen LogP contribution is -2.12. The summed E-state index contributed by atoms with van der Waals surface area (Å²) in [6.45, 7) is 2.56. The molecule has 2 atom stereocenters. The zero-order valence-corrected chi connectivity index (χ0v) is 18.0. The van der Waals surface area contributed by atoms with Crippen LogP contribution >= 0.6 is 0 Å². The van der Waals surface area contributed by atoms with Crippen molar-refractivity contribution in [1.29, 1.82) is 0 Å². The number of carbonyl (C=O) groups is 2. The molecule has 0 fully saturated rings. The van der Waals surface area contributed by atoms with E-state index in [9.17, 15) is 14.7 Å². The number of ether oxygens (including phenoxy) is 2. The van der Waals surface area contributed by atoms with E-state index in [0.717, 1.165) is 44.1 Å². The minimum absolute atomic E-state index is 0.257. The number of aliphatic hydroxyl groups excluding tert-OH is 1. The van der Waals surface area contributed by atoms with Gasteiger partial charge < -0.3 is 14.6 Å². The molecule has 2 aromatic carbocycles. The number of benzene rings is 2. The number of unbranched alkanes of at least 4 members (excludes halogenated alkanes) is 3. The summed E-state index contributed by atoms with van der Waals surface area (Å²) < 4.78 is 10.7. The third-order valence-corrected chi connectivity index (χ3v) is 5.45. The Bertz CT molecular complexity index is 883. The molecule has 0 aliphatic heterocycles. The fourth-order valence-electron chi connectivity index (χ4n) is 3.55. The Morgan fingerprint density at radius 2 is 1.55 bits per heavy atom. The molecule has 0 amide bonds. The highest BCUT2D eigenvalue weighted by molar-refractivity contribution is 5.92. The maximum atomic E-state index is 12.4. The number of aliphatic hydroxyl groups is 1. The van der Waals surface area contributed by atoms with Crippen LogP contribution < -0.4 is 4.74 Å². The summed E-state index contributed by atoms with van der Waals surface area (Å²) in [6, 6.07) is 13.7. The van der Waals surface area contributed by atoms with E-state index in [0.29, 0.717) is 23.5 Å². The van der Waals surface area contributed by atoms with Crippen LogP contribution in [0, 0.1) is 0 Å². The first-order valence-electron chi connectivity index (χ1n) is 11.0. The van der Waals surface area contributed by atoms with E-state index >= 15 is 0 Å². The molecule has 2 unspecified atom stereocenters. The van der Waals surface area contributed by atoms with Gasteiger partial charge in [-0.25, -0.2) is 9.59 Å². The van der Waals surface area contributed by atoms with Crippen molar-refractivity contribution in [2.75, 3.05) is 6.61 Å². The molecule has 1 aliphatic carbocycles. The quantitative estimate of drug-likeness (QED) is 0.252. The minimum atomic E-state index is -0.451. The molecule has 1 aliphatic rings.